The van der Waals surface area contributed by atoms with E-state index in [2.05, 4.69) is 15.6 Å². The zero-order valence-electron chi connectivity index (χ0n) is 15.4. The van der Waals surface area contributed by atoms with Crippen LogP contribution in [0.25, 0.3) is 23.3 Å². The fourth-order valence-corrected chi connectivity index (χ4v) is 3.53. The van der Waals surface area contributed by atoms with Gasteiger partial charge in [-0.15, -0.1) is 0 Å². The first-order valence-corrected chi connectivity index (χ1v) is 9.11. The number of benzene rings is 2. The highest BCUT2D eigenvalue weighted by atomic mass is 19.1. The number of rotatable bonds is 2. The highest BCUT2D eigenvalue weighted by Crippen LogP contribution is 2.35. The highest BCUT2D eigenvalue weighted by molar-refractivity contribution is 6.35. The smallest absolute Gasteiger partial charge is 0.256 e. The van der Waals surface area contributed by atoms with Crippen LogP contribution in [0.2, 0.25) is 0 Å². The van der Waals surface area contributed by atoms with Crippen LogP contribution >= 0.6 is 0 Å². The van der Waals surface area contributed by atoms with Gasteiger partial charge in [-0.1, -0.05) is 6.07 Å². The van der Waals surface area contributed by atoms with Gasteiger partial charge in [0.25, 0.3) is 11.8 Å². The Morgan fingerprint density at radius 2 is 1.17 bits per heavy atom. The Balaban J connectivity index is 1.54. The number of aromatic nitrogens is 1. The second-order valence-electron chi connectivity index (χ2n) is 6.89. The van der Waals surface area contributed by atoms with E-state index in [-0.39, 0.29) is 11.8 Å². The average molecular weight is 401 g/mol. The second kappa shape index (κ2) is 6.73. The van der Waals surface area contributed by atoms with Gasteiger partial charge in [-0.05, 0) is 60.7 Å². The third kappa shape index (κ3) is 3.06. The van der Waals surface area contributed by atoms with Gasteiger partial charge in [-0.25, -0.2) is 13.8 Å². The van der Waals surface area contributed by atoms with Gasteiger partial charge >= 0.3 is 0 Å². The first-order chi connectivity index (χ1) is 14.5. The molecule has 2 amide bonds. The van der Waals surface area contributed by atoms with Crippen molar-refractivity contribution in [1.82, 2.24) is 4.98 Å². The third-order valence-corrected chi connectivity index (χ3v) is 4.91. The van der Waals surface area contributed by atoms with Gasteiger partial charge in [0.2, 0.25) is 0 Å². The molecule has 0 saturated carbocycles. The van der Waals surface area contributed by atoms with E-state index in [4.69, 9.17) is 0 Å². The van der Waals surface area contributed by atoms with Gasteiger partial charge in [-0.2, -0.15) is 0 Å². The van der Waals surface area contributed by atoms with Crippen molar-refractivity contribution in [1.29, 1.82) is 0 Å². The second-order valence-corrected chi connectivity index (χ2v) is 6.89. The van der Waals surface area contributed by atoms with Gasteiger partial charge in [0.15, 0.2) is 0 Å². The molecule has 0 aliphatic carbocycles. The molecule has 30 heavy (non-hydrogen) atoms. The molecular weight excluding hydrogens is 388 g/mol. The minimum atomic E-state index is -0.444. The van der Waals surface area contributed by atoms with Crippen LogP contribution in [0.1, 0.15) is 22.5 Å². The molecule has 0 atom stereocenters. The van der Waals surface area contributed by atoms with Crippen molar-refractivity contribution >= 4 is 46.5 Å². The van der Waals surface area contributed by atoms with Crippen molar-refractivity contribution in [3.8, 4) is 0 Å². The van der Waals surface area contributed by atoms with Crippen LogP contribution in [-0.2, 0) is 9.59 Å². The van der Waals surface area contributed by atoms with Crippen molar-refractivity contribution in [2.24, 2.45) is 0 Å². The number of anilines is 2. The number of halogens is 2. The summed E-state index contributed by atoms with van der Waals surface area (Å²) >= 11 is 0. The summed E-state index contributed by atoms with van der Waals surface area (Å²) < 4.78 is 27.2. The molecule has 7 heteroatoms. The van der Waals surface area contributed by atoms with Gasteiger partial charge < -0.3 is 10.6 Å². The zero-order valence-corrected chi connectivity index (χ0v) is 15.4. The van der Waals surface area contributed by atoms with Crippen molar-refractivity contribution in [3.63, 3.8) is 0 Å². The summed E-state index contributed by atoms with van der Waals surface area (Å²) in [5.41, 5.74) is 3.52. The number of fused-ring (bicyclic) bond motifs is 2. The standard InChI is InChI=1S/C23H13F2N3O2/c24-12-4-6-20-16(8-12)18(22(29)27-20)10-14-2-1-3-15(26-14)11-19-17-9-13(25)5-7-21(17)28-23(19)30/h1-11H,(H,27,29)(H,28,30)/b18-10+,19-11+. The number of nitrogens with one attached hydrogen (secondary N) is 2. The van der Waals surface area contributed by atoms with Crippen LogP contribution in [0, 0.1) is 11.6 Å². The summed E-state index contributed by atoms with van der Waals surface area (Å²) in [7, 11) is 0. The lowest BCUT2D eigenvalue weighted by molar-refractivity contribution is -0.111. The number of hydrogen-bond acceptors (Lipinski definition) is 3. The van der Waals surface area contributed by atoms with Crippen molar-refractivity contribution < 1.29 is 18.4 Å². The van der Waals surface area contributed by atoms with E-state index in [1.807, 2.05) is 0 Å². The zero-order chi connectivity index (χ0) is 20.8. The molecular formula is C23H13F2N3O2. The molecule has 2 aromatic carbocycles. The Hall–Kier alpha value is -4.13. The Morgan fingerprint density at radius 3 is 1.63 bits per heavy atom. The van der Waals surface area contributed by atoms with Gasteiger partial charge in [0.1, 0.15) is 11.6 Å². The van der Waals surface area contributed by atoms with Gasteiger partial charge in [0, 0.05) is 22.5 Å². The summed E-state index contributed by atoms with van der Waals surface area (Å²) in [6, 6.07) is 13.3. The number of carbonyl (C=O) groups is 2. The normalized spacial score (nSPS) is 17.1. The summed E-state index contributed by atoms with van der Waals surface area (Å²) in [4.78, 5) is 29.0. The van der Waals surface area contributed by atoms with Crippen LogP contribution in [-0.4, -0.2) is 16.8 Å². The lowest BCUT2D eigenvalue weighted by Gasteiger charge is -2.02. The summed E-state index contributed by atoms with van der Waals surface area (Å²) in [5.74, 6) is -1.58. The van der Waals surface area contributed by atoms with Gasteiger partial charge in [-0.3, -0.25) is 9.59 Å². The van der Waals surface area contributed by atoms with Crippen molar-refractivity contribution in [3.05, 3.63) is 88.7 Å². The van der Waals surface area contributed by atoms with Gasteiger partial charge in [0.05, 0.1) is 22.5 Å². The van der Waals surface area contributed by atoms with Crippen LogP contribution in [0.15, 0.2) is 54.6 Å². The lowest BCUT2D eigenvalue weighted by atomic mass is 10.0. The molecule has 5 nitrogen and oxygen atoms in total. The van der Waals surface area contributed by atoms with E-state index < -0.39 is 11.6 Å². The van der Waals surface area contributed by atoms with E-state index in [1.54, 1.807) is 30.4 Å². The molecule has 0 saturated heterocycles. The summed E-state index contributed by atoms with van der Waals surface area (Å²) in [5, 5.41) is 5.38. The first kappa shape index (κ1) is 17.9. The van der Waals surface area contributed by atoms with Crippen LogP contribution in [0.4, 0.5) is 20.2 Å². The van der Waals surface area contributed by atoms with Crippen LogP contribution in [0.3, 0.4) is 0 Å². The SMILES string of the molecule is O=C1Nc2ccc(F)cc2/C1=C\c1cccc(/C=C2/C(=O)Nc3ccc(F)cc32)n1. The maximum atomic E-state index is 13.6. The predicted molar refractivity (Wildman–Crippen MR) is 110 cm³/mol. The fraction of sp³-hybridized carbons (Fsp3) is 0. The fourth-order valence-electron chi connectivity index (χ4n) is 3.53. The van der Waals surface area contributed by atoms with Crippen molar-refractivity contribution in [2.75, 3.05) is 10.6 Å². The number of hydrogen-bond donors (Lipinski definition) is 2. The van der Waals surface area contributed by atoms with Crippen LogP contribution in [0.5, 0.6) is 0 Å². The van der Waals surface area contributed by atoms with Crippen molar-refractivity contribution in [2.45, 2.75) is 0 Å². The Bertz CT molecular complexity index is 1210. The summed E-state index contributed by atoms with van der Waals surface area (Å²) in [6.45, 7) is 0. The highest BCUT2D eigenvalue weighted by Gasteiger charge is 2.26. The van der Waals surface area contributed by atoms with E-state index in [0.717, 1.165) is 0 Å². The van der Waals surface area contributed by atoms with E-state index in [9.17, 15) is 18.4 Å². The molecule has 0 unspecified atom stereocenters. The third-order valence-electron chi connectivity index (χ3n) is 4.91. The maximum Gasteiger partial charge on any atom is 0.256 e. The Kier molecular flexibility index (Phi) is 4.03. The molecule has 3 aromatic rings. The molecule has 1 aromatic heterocycles. The summed E-state index contributed by atoms with van der Waals surface area (Å²) in [6.07, 6.45) is 3.12. The molecule has 2 N–H and O–H groups in total. The van der Waals surface area contributed by atoms with Crippen LogP contribution < -0.4 is 10.6 Å². The quantitative estimate of drug-likeness (QED) is 0.628. The molecule has 2 aliphatic heterocycles. The molecule has 0 radical (unpaired) electrons. The van der Waals surface area contributed by atoms with E-state index in [1.165, 1.54) is 36.4 Å². The number of carbonyl (C=O) groups excluding carboxylic acids is 2. The largest absolute Gasteiger partial charge is 0.321 e. The monoisotopic (exact) mass is 401 g/mol. The minimum Gasteiger partial charge on any atom is -0.321 e. The molecule has 0 spiro atoms. The lowest BCUT2D eigenvalue weighted by Crippen LogP contribution is -2.04. The Morgan fingerprint density at radius 1 is 0.700 bits per heavy atom. The molecule has 0 bridgehead atoms. The molecule has 0 fully saturated rings. The van der Waals surface area contributed by atoms with E-state index in [0.29, 0.717) is 45.0 Å². The average Bonchev–Trinajstić information content (AvgIpc) is 3.19. The van der Waals surface area contributed by atoms with E-state index >= 15 is 0 Å². The topological polar surface area (TPSA) is 71.1 Å². The first-order valence-electron chi connectivity index (χ1n) is 9.11. The maximum absolute atomic E-state index is 13.6. The Labute approximate surface area is 169 Å². The molecule has 146 valence electrons. The molecule has 2 aliphatic rings. The molecule has 3 heterocycles. The number of pyridine rings is 1. The number of nitrogens with zero attached hydrogens (tertiary/aromatic N) is 1. The number of amides is 2. The minimum absolute atomic E-state index is 0.299. The predicted octanol–water partition coefficient (Wildman–Crippen LogP) is 4.35. The molecule has 5 rings (SSSR count).